The monoisotopic (exact) mass is 851 g/mol. The third-order valence-electron chi connectivity index (χ3n) is 15.9. The number of benzene rings is 7. The van der Waals surface area contributed by atoms with E-state index in [9.17, 15) is 0 Å². The van der Waals surface area contributed by atoms with Gasteiger partial charge in [-0.05, 0) is 137 Å². The first-order chi connectivity index (χ1) is 30.7. The van der Waals surface area contributed by atoms with Gasteiger partial charge in [0.05, 0.1) is 15.9 Å². The third-order valence-corrected chi connectivity index (χ3v) is 17.2. The minimum absolute atomic E-state index is 0.0138. The standard InChI is InChI=1S/C59H58BN3S/c1-37-33-51-54-52(34-37)62(49-21-16-18-43-42-17-10-13-22-53(42)64-55(43)49)50-36-41(63-47-20-12-11-19-44(47)58(8)31-14-15-32-59(58,63)9)28-29-45(50)60(54)46-35-39(57(5,6)7)25-30-48(46)61(51)40-26-23-38(24-27-40)56(2,3)4/h10-13,16-30,33-36H,14-15,31-32H2,1-9H3. The molecule has 2 atom stereocenters. The SMILES string of the molecule is Cc1cc2c3c(c1)N(c1cccc4c1sc1ccccc14)c1cc(N4c5ccccc5C5(C)CCCCC45C)ccc1B3c1cc(C(C)(C)C)ccc1N2c1ccc(C(C)(C)C)cc1. The number of anilines is 8. The van der Waals surface area contributed by atoms with E-state index >= 15 is 0 Å². The van der Waals surface area contributed by atoms with Crippen LogP contribution < -0.4 is 31.1 Å². The molecule has 0 saturated heterocycles. The van der Waals surface area contributed by atoms with Gasteiger partial charge in [-0.25, -0.2) is 0 Å². The van der Waals surface area contributed by atoms with Crippen molar-refractivity contribution in [3.63, 3.8) is 0 Å². The first kappa shape index (κ1) is 39.8. The summed E-state index contributed by atoms with van der Waals surface area (Å²) in [7, 11) is 0. The Hall–Kier alpha value is -5.78. The molecule has 1 aliphatic carbocycles. The van der Waals surface area contributed by atoms with E-state index in [2.05, 4.69) is 217 Å². The lowest BCUT2D eigenvalue weighted by Crippen LogP contribution is -2.61. The number of aryl methyl sites for hydroxylation is 1. The van der Waals surface area contributed by atoms with E-state index in [0.29, 0.717) is 0 Å². The van der Waals surface area contributed by atoms with E-state index in [1.165, 1.54) is 130 Å². The van der Waals surface area contributed by atoms with Crippen LogP contribution in [-0.2, 0) is 16.2 Å². The summed E-state index contributed by atoms with van der Waals surface area (Å²) in [6.45, 7) is 21.4. The van der Waals surface area contributed by atoms with Gasteiger partial charge in [0.15, 0.2) is 0 Å². The molecule has 7 aromatic carbocycles. The van der Waals surface area contributed by atoms with Crippen LogP contribution in [-0.4, -0.2) is 12.3 Å². The van der Waals surface area contributed by atoms with Gasteiger partial charge in [0, 0.05) is 60.7 Å². The molecule has 4 heterocycles. The molecule has 1 fully saturated rings. The van der Waals surface area contributed by atoms with Crippen LogP contribution in [0.1, 0.15) is 103 Å². The maximum atomic E-state index is 2.76. The zero-order chi connectivity index (χ0) is 44.1. The smallest absolute Gasteiger partial charge is 0.252 e. The Labute approximate surface area is 384 Å². The second-order valence-electron chi connectivity index (χ2n) is 21.8. The van der Waals surface area contributed by atoms with Crippen molar-refractivity contribution in [3.8, 4) is 0 Å². The topological polar surface area (TPSA) is 9.72 Å². The molecule has 1 aromatic heterocycles. The van der Waals surface area contributed by atoms with Crippen molar-refractivity contribution in [2.75, 3.05) is 14.7 Å². The molecule has 0 N–H and O–H groups in total. The number of thiophene rings is 1. The van der Waals surface area contributed by atoms with E-state index in [1.54, 1.807) is 0 Å². The third kappa shape index (κ3) is 5.52. The summed E-state index contributed by atoms with van der Waals surface area (Å²) in [5.74, 6) is 0. The minimum atomic E-state index is -0.0437. The molecule has 5 heteroatoms. The fourth-order valence-electron chi connectivity index (χ4n) is 12.4. The van der Waals surface area contributed by atoms with Crippen LogP contribution in [0.25, 0.3) is 20.2 Å². The van der Waals surface area contributed by atoms with Crippen molar-refractivity contribution in [2.24, 2.45) is 0 Å². The predicted molar refractivity (Wildman–Crippen MR) is 278 cm³/mol. The zero-order valence-corrected chi connectivity index (χ0v) is 39.8. The summed E-state index contributed by atoms with van der Waals surface area (Å²) in [5, 5.41) is 2.64. The summed E-state index contributed by atoms with van der Waals surface area (Å²) >= 11 is 1.93. The average molecular weight is 852 g/mol. The molecule has 3 aliphatic heterocycles. The van der Waals surface area contributed by atoms with Gasteiger partial charge >= 0.3 is 0 Å². The summed E-state index contributed by atoms with van der Waals surface area (Å²) in [5.41, 5.74) is 19.8. The Bertz CT molecular complexity index is 3220. The molecule has 2 unspecified atom stereocenters. The van der Waals surface area contributed by atoms with Crippen LogP contribution >= 0.6 is 11.3 Å². The lowest BCUT2D eigenvalue weighted by Gasteiger charge is -2.50. The number of para-hydroxylation sites is 1. The van der Waals surface area contributed by atoms with Gasteiger partial charge < -0.3 is 14.7 Å². The van der Waals surface area contributed by atoms with Crippen LogP contribution in [0.4, 0.5) is 45.5 Å². The molecular weight excluding hydrogens is 794 g/mol. The number of hydrogen-bond donors (Lipinski definition) is 0. The van der Waals surface area contributed by atoms with Gasteiger partial charge in [-0.2, -0.15) is 0 Å². The van der Waals surface area contributed by atoms with Crippen LogP contribution in [0.5, 0.6) is 0 Å². The normalized spacial score (nSPS) is 20.0. The van der Waals surface area contributed by atoms with Crippen LogP contribution in [0.2, 0.25) is 0 Å². The van der Waals surface area contributed by atoms with Crippen LogP contribution in [0, 0.1) is 6.92 Å². The minimum Gasteiger partial charge on any atom is -0.334 e. The fraction of sp³-hybridized carbons (Fsp3) is 0.288. The van der Waals surface area contributed by atoms with Gasteiger partial charge in [0.25, 0.3) is 6.71 Å². The predicted octanol–water partition coefficient (Wildman–Crippen LogP) is 14.8. The van der Waals surface area contributed by atoms with Gasteiger partial charge in [-0.1, -0.05) is 140 Å². The average Bonchev–Trinajstić information content (AvgIpc) is 3.75. The molecule has 3 nitrogen and oxygen atoms in total. The molecule has 1 saturated carbocycles. The number of hydrogen-bond acceptors (Lipinski definition) is 4. The van der Waals surface area contributed by atoms with E-state index in [1.807, 2.05) is 11.3 Å². The van der Waals surface area contributed by atoms with E-state index in [-0.39, 0.29) is 28.5 Å². The first-order valence-corrected chi connectivity index (χ1v) is 24.4. The Kier molecular flexibility index (Phi) is 8.47. The molecule has 0 spiro atoms. The molecule has 318 valence electrons. The maximum absolute atomic E-state index is 2.76. The van der Waals surface area contributed by atoms with Crippen molar-refractivity contribution < 1.29 is 0 Å². The summed E-state index contributed by atoms with van der Waals surface area (Å²) in [6.07, 6.45) is 4.91. The van der Waals surface area contributed by atoms with Gasteiger partial charge in [-0.15, -0.1) is 11.3 Å². The molecule has 8 aromatic rings. The van der Waals surface area contributed by atoms with E-state index in [4.69, 9.17) is 0 Å². The quantitative estimate of drug-likeness (QED) is 0.164. The number of rotatable bonds is 3. The Balaban J connectivity index is 1.17. The maximum Gasteiger partial charge on any atom is 0.252 e. The second kappa shape index (κ2) is 13.6. The highest BCUT2D eigenvalue weighted by molar-refractivity contribution is 7.26. The van der Waals surface area contributed by atoms with E-state index in [0.717, 1.165) is 0 Å². The molecule has 12 rings (SSSR count). The number of fused-ring (bicyclic) bond motifs is 10. The van der Waals surface area contributed by atoms with Gasteiger partial charge in [-0.3, -0.25) is 0 Å². The van der Waals surface area contributed by atoms with Crippen molar-refractivity contribution in [1.29, 1.82) is 0 Å². The molecule has 64 heavy (non-hydrogen) atoms. The lowest BCUT2D eigenvalue weighted by molar-refractivity contribution is 0.195. The van der Waals surface area contributed by atoms with Crippen molar-refractivity contribution in [2.45, 2.75) is 110 Å². The van der Waals surface area contributed by atoms with Crippen molar-refractivity contribution >= 4 is 100 Å². The highest BCUT2D eigenvalue weighted by atomic mass is 32.1. The Morgan fingerprint density at radius 2 is 1.19 bits per heavy atom. The van der Waals surface area contributed by atoms with Gasteiger partial charge in [0.1, 0.15) is 0 Å². The Morgan fingerprint density at radius 3 is 1.97 bits per heavy atom. The highest BCUT2D eigenvalue weighted by Gasteiger charge is 2.58. The highest BCUT2D eigenvalue weighted by Crippen LogP contribution is 2.61. The second-order valence-corrected chi connectivity index (χ2v) is 22.9. The Morgan fingerprint density at radius 1 is 0.531 bits per heavy atom. The molecule has 0 amide bonds. The van der Waals surface area contributed by atoms with Crippen molar-refractivity contribution in [3.05, 3.63) is 162 Å². The van der Waals surface area contributed by atoms with Crippen LogP contribution in [0.3, 0.4) is 0 Å². The number of nitrogens with zero attached hydrogens (tertiary/aromatic N) is 3. The summed E-state index contributed by atoms with van der Waals surface area (Å²) in [4.78, 5) is 8.00. The largest absolute Gasteiger partial charge is 0.334 e. The lowest BCUT2D eigenvalue weighted by atomic mass is 9.33. The molecule has 4 aliphatic rings. The van der Waals surface area contributed by atoms with Crippen molar-refractivity contribution in [1.82, 2.24) is 0 Å². The fourth-order valence-corrected chi connectivity index (χ4v) is 13.6. The molecule has 0 radical (unpaired) electrons. The molecule has 0 bridgehead atoms. The molecular formula is C59H58BN3S. The van der Waals surface area contributed by atoms with Gasteiger partial charge in [0.2, 0.25) is 0 Å². The summed E-state index contributed by atoms with van der Waals surface area (Å²) < 4.78 is 2.65. The summed E-state index contributed by atoms with van der Waals surface area (Å²) in [6, 6.07) is 54.5. The van der Waals surface area contributed by atoms with E-state index < -0.39 is 0 Å². The zero-order valence-electron chi connectivity index (χ0n) is 38.9. The van der Waals surface area contributed by atoms with Crippen LogP contribution in [0.15, 0.2) is 140 Å². The first-order valence-electron chi connectivity index (χ1n) is 23.6.